The number of benzene rings is 1. The molecule has 4 N–H and O–H groups in total. The molecule has 172 valence electrons. The Morgan fingerprint density at radius 1 is 1.25 bits per heavy atom. The Hall–Kier alpha value is -3.21. The summed E-state index contributed by atoms with van der Waals surface area (Å²) in [7, 11) is 0. The lowest BCUT2D eigenvalue weighted by atomic mass is 9.98. The van der Waals surface area contributed by atoms with Gasteiger partial charge in [-0.25, -0.2) is 4.39 Å². The van der Waals surface area contributed by atoms with Crippen molar-refractivity contribution < 1.29 is 37.4 Å². The highest BCUT2D eigenvalue weighted by atomic mass is 19.4. The van der Waals surface area contributed by atoms with E-state index >= 15 is 0 Å². The van der Waals surface area contributed by atoms with Gasteiger partial charge in [0.25, 0.3) is 5.91 Å². The number of aromatic hydroxyl groups is 1. The number of phenolic OH excluding ortho intramolecular Hbond substituents is 1. The molecule has 0 unspecified atom stereocenters. The number of nitrogens with zero attached hydrogens (tertiary/aromatic N) is 1. The summed E-state index contributed by atoms with van der Waals surface area (Å²) in [5.74, 6) is -3.22. The second kappa shape index (κ2) is 8.73. The van der Waals surface area contributed by atoms with Crippen LogP contribution in [0.4, 0.5) is 23.2 Å². The van der Waals surface area contributed by atoms with Gasteiger partial charge in [-0.1, -0.05) is 6.92 Å². The molecular weight excluding hydrogens is 434 g/mol. The van der Waals surface area contributed by atoms with Gasteiger partial charge < -0.3 is 20.8 Å². The molecule has 0 spiro atoms. The first-order valence-electron chi connectivity index (χ1n) is 9.73. The number of hydrogen-bond acceptors (Lipinski definition) is 5. The van der Waals surface area contributed by atoms with E-state index in [9.17, 15) is 32.3 Å². The van der Waals surface area contributed by atoms with E-state index in [4.69, 9.17) is 5.11 Å². The second-order valence-electron chi connectivity index (χ2n) is 7.77. The number of carbonyl (C=O) groups is 2. The summed E-state index contributed by atoms with van der Waals surface area (Å²) in [5, 5.41) is 23.6. The van der Waals surface area contributed by atoms with Crippen LogP contribution in [0.5, 0.6) is 5.75 Å². The maximum absolute atomic E-state index is 14.3. The van der Waals surface area contributed by atoms with Crippen LogP contribution >= 0.6 is 0 Å². The van der Waals surface area contributed by atoms with Gasteiger partial charge in [-0.3, -0.25) is 14.6 Å². The number of alkyl halides is 3. The summed E-state index contributed by atoms with van der Waals surface area (Å²) in [6.45, 7) is 1.30. The molecule has 32 heavy (non-hydrogen) atoms. The van der Waals surface area contributed by atoms with Gasteiger partial charge in [0.2, 0.25) is 5.91 Å². The van der Waals surface area contributed by atoms with Crippen molar-refractivity contribution in [3.05, 3.63) is 53.1 Å². The van der Waals surface area contributed by atoms with E-state index in [2.05, 4.69) is 10.3 Å². The number of halogens is 4. The highest BCUT2D eigenvalue weighted by molar-refractivity contribution is 5.96. The lowest BCUT2D eigenvalue weighted by Crippen LogP contribution is -2.48. The van der Waals surface area contributed by atoms with Gasteiger partial charge in [0.05, 0.1) is 6.42 Å². The van der Waals surface area contributed by atoms with Crippen molar-refractivity contribution >= 4 is 17.5 Å². The number of phenols is 1. The topological polar surface area (TPSA) is 112 Å². The van der Waals surface area contributed by atoms with E-state index in [-0.39, 0.29) is 47.7 Å². The molecule has 1 aliphatic rings. The fraction of sp³-hybridized carbons (Fsp3) is 0.381. The van der Waals surface area contributed by atoms with Crippen molar-refractivity contribution in [3.8, 4) is 5.75 Å². The molecule has 1 fully saturated rings. The molecular formula is C21H21F4N3O4. The van der Waals surface area contributed by atoms with Gasteiger partial charge in [0.1, 0.15) is 22.8 Å². The van der Waals surface area contributed by atoms with Gasteiger partial charge in [-0.15, -0.1) is 0 Å². The first-order valence-corrected chi connectivity index (χ1v) is 9.73. The van der Waals surface area contributed by atoms with Crippen LogP contribution < -0.4 is 10.6 Å². The molecule has 2 amide bonds. The Labute approximate surface area is 180 Å². The van der Waals surface area contributed by atoms with Crippen LogP contribution in [0.3, 0.4) is 0 Å². The molecule has 0 radical (unpaired) electrons. The Morgan fingerprint density at radius 3 is 2.53 bits per heavy atom. The Kier molecular flexibility index (Phi) is 6.40. The third-order valence-corrected chi connectivity index (χ3v) is 5.27. The molecule has 1 aliphatic carbocycles. The van der Waals surface area contributed by atoms with E-state index in [1.165, 1.54) is 6.07 Å². The highest BCUT2D eigenvalue weighted by Crippen LogP contribution is 2.49. The summed E-state index contributed by atoms with van der Waals surface area (Å²) in [4.78, 5) is 28.2. The highest BCUT2D eigenvalue weighted by Gasteiger charge is 2.64. The van der Waals surface area contributed by atoms with Gasteiger partial charge in [0.15, 0.2) is 0 Å². The summed E-state index contributed by atoms with van der Waals surface area (Å²) < 4.78 is 53.4. The second-order valence-corrected chi connectivity index (χ2v) is 7.77. The van der Waals surface area contributed by atoms with Crippen LogP contribution in [0, 0.1) is 5.82 Å². The first kappa shape index (κ1) is 23.5. The molecule has 0 bridgehead atoms. The van der Waals surface area contributed by atoms with Crippen molar-refractivity contribution in [3.63, 3.8) is 0 Å². The quantitative estimate of drug-likeness (QED) is 0.480. The molecule has 7 nitrogen and oxygen atoms in total. The van der Waals surface area contributed by atoms with Gasteiger partial charge in [-0.05, 0) is 37.1 Å². The van der Waals surface area contributed by atoms with Gasteiger partial charge in [-0.2, -0.15) is 13.2 Å². The Balaban J connectivity index is 1.68. The number of carbonyl (C=O) groups excluding carboxylic acids is 2. The van der Waals surface area contributed by atoms with E-state index in [0.717, 1.165) is 24.4 Å². The first-order chi connectivity index (χ1) is 15.0. The molecule has 0 saturated heterocycles. The standard InChI is InChI=1S/C21H21F4N3O4/c1-11(10-29)14-9-15(22)12(6-17(14)30)7-18(31)27-13-2-5-26-16(8-13)19(32)28-20(3-4-20)21(23,24)25/h2,5-6,8-9,11,29-30H,3-4,7,10H2,1H3,(H,28,32)(H,26,27,31)/t11-/m0/s1. The number of pyridine rings is 1. The maximum Gasteiger partial charge on any atom is 0.411 e. The molecule has 11 heteroatoms. The van der Waals surface area contributed by atoms with Crippen LogP contribution in [0.1, 0.15) is 47.3 Å². The van der Waals surface area contributed by atoms with Gasteiger partial charge >= 0.3 is 6.18 Å². The number of aliphatic hydroxyl groups is 1. The molecule has 1 aromatic carbocycles. The Morgan fingerprint density at radius 2 is 1.94 bits per heavy atom. The SMILES string of the molecule is C[C@@H](CO)c1cc(F)c(CC(=O)Nc2ccnc(C(=O)NC3(C(F)(F)F)CC3)c2)cc1O. The van der Waals surface area contributed by atoms with Crippen LogP contribution in [-0.4, -0.2) is 45.3 Å². The predicted octanol–water partition coefficient (Wildman–Crippen LogP) is 3.03. The van der Waals surface area contributed by atoms with Crippen molar-refractivity contribution in [1.29, 1.82) is 0 Å². The normalized spacial score (nSPS) is 15.7. The molecule has 1 atom stereocenters. The number of hydrogen-bond donors (Lipinski definition) is 4. The largest absolute Gasteiger partial charge is 0.508 e. The molecule has 1 aromatic heterocycles. The minimum atomic E-state index is -4.57. The minimum Gasteiger partial charge on any atom is -0.508 e. The monoisotopic (exact) mass is 455 g/mol. The molecule has 3 rings (SSSR count). The van der Waals surface area contributed by atoms with Crippen molar-refractivity contribution in [2.75, 3.05) is 11.9 Å². The number of rotatable bonds is 7. The molecule has 1 heterocycles. The average Bonchev–Trinajstić information content (AvgIpc) is 3.51. The lowest BCUT2D eigenvalue weighted by Gasteiger charge is -2.20. The zero-order valence-electron chi connectivity index (χ0n) is 17.0. The van der Waals surface area contributed by atoms with Crippen molar-refractivity contribution in [2.24, 2.45) is 0 Å². The Bertz CT molecular complexity index is 1040. The van der Waals surface area contributed by atoms with E-state index in [1.807, 2.05) is 5.32 Å². The summed E-state index contributed by atoms with van der Waals surface area (Å²) in [5.41, 5.74) is -2.37. The van der Waals surface area contributed by atoms with Crippen LogP contribution in [-0.2, 0) is 11.2 Å². The third-order valence-electron chi connectivity index (χ3n) is 5.27. The zero-order chi connectivity index (χ0) is 23.7. The number of nitrogens with one attached hydrogen (secondary N) is 2. The lowest BCUT2D eigenvalue weighted by molar-refractivity contribution is -0.163. The smallest absolute Gasteiger partial charge is 0.411 e. The number of amides is 2. The number of aliphatic hydroxyl groups excluding tert-OH is 1. The average molecular weight is 455 g/mol. The fourth-order valence-electron chi connectivity index (χ4n) is 3.15. The summed E-state index contributed by atoms with van der Waals surface area (Å²) in [6, 6.07) is 4.57. The van der Waals surface area contributed by atoms with E-state index < -0.39 is 41.7 Å². The van der Waals surface area contributed by atoms with Gasteiger partial charge in [0, 0.05) is 35.5 Å². The summed E-state index contributed by atoms with van der Waals surface area (Å²) >= 11 is 0. The predicted molar refractivity (Wildman–Crippen MR) is 106 cm³/mol. The van der Waals surface area contributed by atoms with Crippen molar-refractivity contribution in [2.45, 2.75) is 43.8 Å². The third kappa shape index (κ3) is 4.98. The summed E-state index contributed by atoms with van der Waals surface area (Å²) in [6.07, 6.45) is -4.31. The van der Waals surface area contributed by atoms with E-state index in [1.54, 1.807) is 6.92 Å². The van der Waals surface area contributed by atoms with Crippen LogP contribution in [0.25, 0.3) is 0 Å². The molecule has 0 aliphatic heterocycles. The fourth-order valence-corrected chi connectivity index (χ4v) is 3.15. The zero-order valence-corrected chi connectivity index (χ0v) is 17.0. The molecule has 2 aromatic rings. The van der Waals surface area contributed by atoms with Crippen LogP contribution in [0.15, 0.2) is 30.5 Å². The van der Waals surface area contributed by atoms with Crippen molar-refractivity contribution in [1.82, 2.24) is 10.3 Å². The number of aromatic nitrogens is 1. The maximum atomic E-state index is 14.3. The van der Waals surface area contributed by atoms with Crippen LogP contribution in [0.2, 0.25) is 0 Å². The number of anilines is 1. The minimum absolute atomic E-state index is 0.0853. The molecule has 1 saturated carbocycles. The van der Waals surface area contributed by atoms with E-state index in [0.29, 0.717) is 0 Å².